The summed E-state index contributed by atoms with van der Waals surface area (Å²) in [4.78, 5) is 0. The summed E-state index contributed by atoms with van der Waals surface area (Å²) in [6, 6.07) is 3.78. The van der Waals surface area contributed by atoms with Gasteiger partial charge in [-0.1, -0.05) is 31.2 Å². The van der Waals surface area contributed by atoms with Crippen LogP contribution in [0.4, 0.5) is 18.9 Å². The Hall–Kier alpha value is -1.95. The summed E-state index contributed by atoms with van der Waals surface area (Å²) in [6.45, 7) is 3.83. The molecule has 0 unspecified atom stereocenters. The highest BCUT2D eigenvalue weighted by molar-refractivity contribution is 5.61. The van der Waals surface area contributed by atoms with Gasteiger partial charge in [0.2, 0.25) is 0 Å². The Labute approximate surface area is 128 Å². The van der Waals surface area contributed by atoms with E-state index in [4.69, 9.17) is 10.6 Å². The first-order valence-corrected chi connectivity index (χ1v) is 6.94. The number of anilines is 1. The zero-order valence-corrected chi connectivity index (χ0v) is 12.9. The molecule has 0 aliphatic rings. The molecule has 0 heterocycles. The second-order valence-electron chi connectivity index (χ2n) is 4.73. The Kier molecular flexibility index (Phi) is 6.49. The summed E-state index contributed by atoms with van der Waals surface area (Å²) in [5.41, 5.74) is 0.145. The van der Waals surface area contributed by atoms with Gasteiger partial charge < -0.3 is 9.75 Å². The van der Waals surface area contributed by atoms with Crippen LogP contribution in [-0.4, -0.2) is 13.7 Å². The van der Waals surface area contributed by atoms with Crippen molar-refractivity contribution in [1.82, 2.24) is 0 Å². The molecule has 0 aliphatic carbocycles. The van der Waals surface area contributed by atoms with Crippen LogP contribution in [0.1, 0.15) is 25.8 Å². The molecule has 1 aromatic rings. The minimum Gasteiger partial charge on any atom is -0.486 e. The van der Waals surface area contributed by atoms with E-state index in [1.165, 1.54) is 19.2 Å². The number of nitrogens with zero attached hydrogens (tertiary/aromatic N) is 1. The lowest BCUT2D eigenvalue weighted by Gasteiger charge is -2.21. The summed E-state index contributed by atoms with van der Waals surface area (Å²) in [6.07, 6.45) is 1.89. The van der Waals surface area contributed by atoms with Crippen LogP contribution in [-0.2, 0) is 6.18 Å². The molecule has 0 bridgehead atoms. The van der Waals surface area contributed by atoms with Crippen molar-refractivity contribution in [3.05, 3.63) is 47.6 Å². The highest BCUT2D eigenvalue weighted by atomic mass is 19.4. The quantitative estimate of drug-likeness (QED) is 0.483. The van der Waals surface area contributed by atoms with Gasteiger partial charge in [-0.05, 0) is 31.1 Å². The van der Waals surface area contributed by atoms with Crippen molar-refractivity contribution >= 4 is 5.69 Å². The predicted molar refractivity (Wildman–Crippen MR) is 82.7 cm³/mol. The van der Waals surface area contributed by atoms with Gasteiger partial charge >= 0.3 is 6.18 Å². The van der Waals surface area contributed by atoms with Crippen molar-refractivity contribution in [2.24, 2.45) is 5.84 Å². The molecular formula is C16H21F3N2O. The fourth-order valence-corrected chi connectivity index (χ4v) is 1.83. The molecule has 3 nitrogen and oxygen atoms in total. The molecule has 1 rings (SSSR count). The monoisotopic (exact) mass is 314 g/mol. The standard InChI is InChI=1S/C16H21F3N2O/c1-4-6-8-12(5-2)11-22-15-13(16(17,18)19)9-7-10-14(15)21(3)20/h5-10H,4,11,20H2,1-3H3/b8-6-,12-5+. The molecule has 0 saturated heterocycles. The van der Waals surface area contributed by atoms with E-state index in [2.05, 4.69) is 0 Å². The number of rotatable bonds is 6. The smallest absolute Gasteiger partial charge is 0.420 e. The third-order valence-electron chi connectivity index (χ3n) is 3.00. The van der Waals surface area contributed by atoms with E-state index in [0.717, 1.165) is 23.1 Å². The SMILES string of the molecule is C/C=C(\C=C/CC)COc1c(N(C)N)cccc1C(F)(F)F. The Morgan fingerprint density at radius 1 is 1.36 bits per heavy atom. The zero-order valence-electron chi connectivity index (χ0n) is 12.9. The van der Waals surface area contributed by atoms with Gasteiger partial charge in [-0.2, -0.15) is 13.2 Å². The maximum Gasteiger partial charge on any atom is 0.420 e. The van der Waals surface area contributed by atoms with Crippen molar-refractivity contribution in [2.75, 3.05) is 18.7 Å². The molecule has 0 atom stereocenters. The van der Waals surface area contributed by atoms with Gasteiger partial charge in [-0.3, -0.25) is 0 Å². The number of allylic oxidation sites excluding steroid dienone is 2. The van der Waals surface area contributed by atoms with Crippen LogP contribution in [0.25, 0.3) is 0 Å². The van der Waals surface area contributed by atoms with Gasteiger partial charge in [-0.25, -0.2) is 5.84 Å². The molecule has 0 radical (unpaired) electrons. The summed E-state index contributed by atoms with van der Waals surface area (Å²) in [5.74, 6) is 5.34. The number of para-hydroxylation sites is 1. The maximum atomic E-state index is 13.1. The van der Waals surface area contributed by atoms with Crippen LogP contribution in [0.5, 0.6) is 5.75 Å². The van der Waals surface area contributed by atoms with Crippen molar-refractivity contribution in [3.8, 4) is 5.75 Å². The van der Waals surface area contributed by atoms with Crippen LogP contribution in [0.3, 0.4) is 0 Å². The Morgan fingerprint density at radius 2 is 2.05 bits per heavy atom. The third-order valence-corrected chi connectivity index (χ3v) is 3.00. The second-order valence-corrected chi connectivity index (χ2v) is 4.73. The Bertz CT molecular complexity index is 549. The van der Waals surface area contributed by atoms with Crippen LogP contribution in [0.2, 0.25) is 0 Å². The lowest BCUT2D eigenvalue weighted by Crippen LogP contribution is -2.26. The molecule has 0 saturated carbocycles. The molecule has 6 heteroatoms. The molecular weight excluding hydrogens is 293 g/mol. The normalized spacial score (nSPS) is 12.8. The summed E-state index contributed by atoms with van der Waals surface area (Å²) >= 11 is 0. The minimum atomic E-state index is -4.50. The van der Waals surface area contributed by atoms with Crippen LogP contribution in [0.15, 0.2) is 42.0 Å². The molecule has 1 aromatic carbocycles. The van der Waals surface area contributed by atoms with Gasteiger partial charge in [-0.15, -0.1) is 0 Å². The van der Waals surface area contributed by atoms with Gasteiger partial charge in [0.05, 0.1) is 11.3 Å². The number of hydrogen-bond donors (Lipinski definition) is 1. The first kappa shape index (κ1) is 18.1. The van der Waals surface area contributed by atoms with E-state index < -0.39 is 11.7 Å². The molecule has 22 heavy (non-hydrogen) atoms. The van der Waals surface area contributed by atoms with Crippen LogP contribution >= 0.6 is 0 Å². The predicted octanol–water partition coefficient (Wildman–Crippen LogP) is 4.31. The lowest BCUT2D eigenvalue weighted by atomic mass is 10.1. The van der Waals surface area contributed by atoms with Gasteiger partial charge in [0.25, 0.3) is 0 Å². The largest absolute Gasteiger partial charge is 0.486 e. The van der Waals surface area contributed by atoms with Crippen LogP contribution in [0, 0.1) is 0 Å². The average molecular weight is 314 g/mol. The molecule has 0 amide bonds. The first-order chi connectivity index (χ1) is 10.3. The van der Waals surface area contributed by atoms with Gasteiger partial charge in [0, 0.05) is 7.05 Å². The first-order valence-electron chi connectivity index (χ1n) is 6.94. The van der Waals surface area contributed by atoms with Crippen molar-refractivity contribution in [1.29, 1.82) is 0 Å². The molecule has 0 spiro atoms. The van der Waals surface area contributed by atoms with E-state index in [0.29, 0.717) is 0 Å². The van der Waals surface area contributed by atoms with Crippen molar-refractivity contribution < 1.29 is 17.9 Å². The molecule has 0 aromatic heterocycles. The molecule has 2 N–H and O–H groups in total. The number of ether oxygens (including phenoxy) is 1. The van der Waals surface area contributed by atoms with E-state index in [1.54, 1.807) is 6.08 Å². The molecule has 122 valence electrons. The number of hydrazine groups is 1. The number of alkyl halides is 3. The highest BCUT2D eigenvalue weighted by Gasteiger charge is 2.35. The maximum absolute atomic E-state index is 13.1. The second kappa shape index (κ2) is 7.89. The topological polar surface area (TPSA) is 38.5 Å². The molecule has 0 fully saturated rings. The molecule has 0 aliphatic heterocycles. The lowest BCUT2D eigenvalue weighted by molar-refractivity contribution is -0.138. The minimum absolute atomic E-state index is 0.0426. The van der Waals surface area contributed by atoms with E-state index >= 15 is 0 Å². The number of hydrogen-bond acceptors (Lipinski definition) is 3. The van der Waals surface area contributed by atoms with Gasteiger partial charge in [0.15, 0.2) is 5.75 Å². The number of nitrogens with two attached hydrogens (primary N) is 1. The van der Waals surface area contributed by atoms with E-state index in [1.807, 2.05) is 26.0 Å². The third kappa shape index (κ3) is 4.80. The average Bonchev–Trinajstić information content (AvgIpc) is 2.46. The Morgan fingerprint density at radius 3 is 2.55 bits per heavy atom. The number of benzene rings is 1. The van der Waals surface area contributed by atoms with Crippen LogP contribution < -0.4 is 15.6 Å². The zero-order chi connectivity index (χ0) is 16.8. The van der Waals surface area contributed by atoms with Crippen molar-refractivity contribution in [2.45, 2.75) is 26.4 Å². The fraction of sp³-hybridized carbons (Fsp3) is 0.375. The van der Waals surface area contributed by atoms with Gasteiger partial charge in [0.1, 0.15) is 6.61 Å². The van der Waals surface area contributed by atoms with E-state index in [9.17, 15) is 13.2 Å². The fourth-order valence-electron chi connectivity index (χ4n) is 1.83. The number of halogens is 3. The van der Waals surface area contributed by atoms with Crippen molar-refractivity contribution in [3.63, 3.8) is 0 Å². The highest BCUT2D eigenvalue weighted by Crippen LogP contribution is 2.41. The summed E-state index contributed by atoms with van der Waals surface area (Å²) < 4.78 is 44.8. The summed E-state index contributed by atoms with van der Waals surface area (Å²) in [7, 11) is 1.47. The Balaban J connectivity index is 3.13. The summed E-state index contributed by atoms with van der Waals surface area (Å²) in [5, 5.41) is 1.11. The van der Waals surface area contributed by atoms with E-state index in [-0.39, 0.29) is 18.0 Å².